The number of pyridine rings is 1. The highest BCUT2D eigenvalue weighted by Crippen LogP contribution is 2.34. The first kappa shape index (κ1) is 16.2. The maximum Gasteiger partial charge on any atom is 0.165 e. The van der Waals surface area contributed by atoms with Gasteiger partial charge >= 0.3 is 0 Å². The molecule has 0 spiro atoms. The third-order valence-electron chi connectivity index (χ3n) is 3.91. The van der Waals surface area contributed by atoms with Gasteiger partial charge in [-0.1, -0.05) is 35.9 Å². The van der Waals surface area contributed by atoms with Crippen LogP contribution >= 0.6 is 34.2 Å². The largest absolute Gasteiger partial charge is 0.383 e. The van der Waals surface area contributed by atoms with Gasteiger partial charge < -0.3 is 5.73 Å². The first-order valence-corrected chi connectivity index (χ1v) is 9.00. The molecule has 122 valence electrons. The van der Waals surface area contributed by atoms with Crippen LogP contribution < -0.4 is 5.73 Å². The molecule has 0 atom stereocenters. The Bertz CT molecular complexity index is 1080. The zero-order valence-electron chi connectivity index (χ0n) is 12.9. The molecule has 0 saturated carbocycles. The molecule has 0 bridgehead atoms. The molecule has 6 heteroatoms. The van der Waals surface area contributed by atoms with E-state index in [9.17, 15) is 0 Å². The normalized spacial score (nSPS) is 11.0. The average Bonchev–Trinajstić information content (AvgIpc) is 2.61. The van der Waals surface area contributed by atoms with Crippen LogP contribution in [0.5, 0.6) is 0 Å². The van der Waals surface area contributed by atoms with E-state index in [0.29, 0.717) is 16.5 Å². The molecule has 0 saturated heterocycles. The molecule has 4 aromatic rings. The number of anilines is 1. The van der Waals surface area contributed by atoms with E-state index in [4.69, 9.17) is 17.3 Å². The fourth-order valence-corrected chi connectivity index (χ4v) is 3.29. The van der Waals surface area contributed by atoms with Crippen molar-refractivity contribution >= 4 is 51.0 Å². The summed E-state index contributed by atoms with van der Waals surface area (Å²) in [5, 5.41) is 1.40. The van der Waals surface area contributed by atoms with Gasteiger partial charge in [-0.25, -0.2) is 15.0 Å². The Hall–Kier alpha value is -2.25. The SMILES string of the molecule is Nc1ncnc2nc(-c3ccc(I)cc3)cc(-c3cccc(Cl)c3)c12. The van der Waals surface area contributed by atoms with E-state index < -0.39 is 0 Å². The maximum atomic E-state index is 6.18. The second-order valence-electron chi connectivity index (χ2n) is 5.53. The van der Waals surface area contributed by atoms with Crippen LogP contribution in [0.15, 0.2) is 60.9 Å². The summed E-state index contributed by atoms with van der Waals surface area (Å²) in [6.45, 7) is 0. The van der Waals surface area contributed by atoms with Gasteiger partial charge in [-0.05, 0) is 64.0 Å². The number of nitrogen functional groups attached to an aromatic ring is 1. The fourth-order valence-electron chi connectivity index (χ4n) is 2.74. The summed E-state index contributed by atoms with van der Waals surface area (Å²) in [4.78, 5) is 13.1. The first-order chi connectivity index (χ1) is 12.1. The van der Waals surface area contributed by atoms with Crippen molar-refractivity contribution < 1.29 is 0 Å². The third kappa shape index (κ3) is 3.17. The standard InChI is InChI=1S/C19H12ClIN4/c20-13-3-1-2-12(8-13)15-9-16(11-4-6-14(21)7-5-11)25-19-17(15)18(22)23-10-24-19/h1-10H,(H2,22,23,24,25). The summed E-state index contributed by atoms with van der Waals surface area (Å²) in [6, 6.07) is 17.8. The number of rotatable bonds is 2. The molecule has 0 amide bonds. The molecular formula is C19H12ClIN4. The van der Waals surface area contributed by atoms with Crippen LogP contribution in [0, 0.1) is 3.57 Å². The summed E-state index contributed by atoms with van der Waals surface area (Å²) in [5.74, 6) is 0.404. The highest BCUT2D eigenvalue weighted by atomic mass is 127. The molecule has 2 heterocycles. The van der Waals surface area contributed by atoms with Gasteiger partial charge in [-0.15, -0.1) is 0 Å². The number of hydrogen-bond acceptors (Lipinski definition) is 4. The summed E-state index contributed by atoms with van der Waals surface area (Å²) in [5.41, 5.74) is 10.4. The predicted octanol–water partition coefficient (Wildman–Crippen LogP) is 5.20. The maximum absolute atomic E-state index is 6.18. The summed E-state index contributed by atoms with van der Waals surface area (Å²) < 4.78 is 1.17. The van der Waals surface area contributed by atoms with Crippen molar-refractivity contribution in [3.05, 3.63) is 69.5 Å². The van der Waals surface area contributed by atoms with Crippen LogP contribution in [-0.4, -0.2) is 15.0 Å². The van der Waals surface area contributed by atoms with E-state index in [2.05, 4.69) is 49.7 Å². The Balaban J connectivity index is 2.03. The summed E-state index contributed by atoms with van der Waals surface area (Å²) in [6.07, 6.45) is 1.43. The number of nitrogens with zero attached hydrogens (tertiary/aromatic N) is 3. The Kier molecular flexibility index (Phi) is 4.27. The first-order valence-electron chi connectivity index (χ1n) is 7.55. The van der Waals surface area contributed by atoms with Gasteiger partial charge in [0.1, 0.15) is 12.1 Å². The molecule has 0 unspecified atom stereocenters. The minimum atomic E-state index is 0.404. The van der Waals surface area contributed by atoms with Crippen molar-refractivity contribution in [3.8, 4) is 22.4 Å². The minimum absolute atomic E-state index is 0.404. The highest BCUT2D eigenvalue weighted by Gasteiger charge is 2.13. The molecule has 0 aliphatic heterocycles. The molecule has 0 radical (unpaired) electrons. The lowest BCUT2D eigenvalue weighted by Crippen LogP contribution is -1.98. The molecule has 25 heavy (non-hydrogen) atoms. The Morgan fingerprint density at radius 1 is 0.920 bits per heavy atom. The number of fused-ring (bicyclic) bond motifs is 1. The summed E-state index contributed by atoms with van der Waals surface area (Å²) in [7, 11) is 0. The van der Waals surface area contributed by atoms with E-state index in [1.54, 1.807) is 0 Å². The molecule has 2 aromatic carbocycles. The molecule has 0 fully saturated rings. The molecular weight excluding hydrogens is 447 g/mol. The predicted molar refractivity (Wildman–Crippen MR) is 110 cm³/mol. The van der Waals surface area contributed by atoms with E-state index in [1.165, 1.54) is 9.90 Å². The Morgan fingerprint density at radius 3 is 2.48 bits per heavy atom. The van der Waals surface area contributed by atoms with E-state index in [0.717, 1.165) is 27.8 Å². The van der Waals surface area contributed by atoms with Crippen molar-refractivity contribution in [2.24, 2.45) is 0 Å². The molecule has 2 N–H and O–H groups in total. The number of halogens is 2. The molecule has 4 nitrogen and oxygen atoms in total. The van der Waals surface area contributed by atoms with E-state index >= 15 is 0 Å². The van der Waals surface area contributed by atoms with Crippen molar-refractivity contribution in [2.75, 3.05) is 5.73 Å². The molecule has 0 aliphatic rings. The lowest BCUT2D eigenvalue weighted by atomic mass is 10.00. The van der Waals surface area contributed by atoms with Gasteiger partial charge in [0.05, 0.1) is 11.1 Å². The van der Waals surface area contributed by atoms with Crippen LogP contribution in [-0.2, 0) is 0 Å². The second kappa shape index (κ2) is 6.57. The molecule has 0 aliphatic carbocycles. The second-order valence-corrected chi connectivity index (χ2v) is 7.21. The lowest BCUT2D eigenvalue weighted by molar-refractivity contribution is 1.19. The Morgan fingerprint density at radius 2 is 1.72 bits per heavy atom. The Labute approximate surface area is 163 Å². The topological polar surface area (TPSA) is 64.7 Å². The van der Waals surface area contributed by atoms with Gasteiger partial charge in [0, 0.05) is 14.2 Å². The number of aromatic nitrogens is 3. The van der Waals surface area contributed by atoms with Gasteiger partial charge in [0.15, 0.2) is 5.65 Å². The smallest absolute Gasteiger partial charge is 0.165 e. The van der Waals surface area contributed by atoms with Crippen LogP contribution in [0.2, 0.25) is 5.02 Å². The molecule has 2 aromatic heterocycles. The minimum Gasteiger partial charge on any atom is -0.383 e. The fraction of sp³-hybridized carbons (Fsp3) is 0. The van der Waals surface area contributed by atoms with Gasteiger partial charge in [0.2, 0.25) is 0 Å². The number of nitrogens with two attached hydrogens (primary N) is 1. The van der Waals surface area contributed by atoms with Crippen molar-refractivity contribution in [3.63, 3.8) is 0 Å². The van der Waals surface area contributed by atoms with Crippen molar-refractivity contribution in [1.29, 1.82) is 0 Å². The number of benzene rings is 2. The number of hydrogen-bond donors (Lipinski definition) is 1. The zero-order valence-corrected chi connectivity index (χ0v) is 15.9. The lowest BCUT2D eigenvalue weighted by Gasteiger charge is -2.11. The molecule has 4 rings (SSSR count). The van der Waals surface area contributed by atoms with Crippen LogP contribution in [0.1, 0.15) is 0 Å². The highest BCUT2D eigenvalue weighted by molar-refractivity contribution is 14.1. The van der Waals surface area contributed by atoms with Gasteiger partial charge in [-0.2, -0.15) is 0 Å². The quantitative estimate of drug-likeness (QED) is 0.419. The van der Waals surface area contributed by atoms with Crippen LogP contribution in [0.4, 0.5) is 5.82 Å². The summed E-state index contributed by atoms with van der Waals surface area (Å²) >= 11 is 8.46. The van der Waals surface area contributed by atoms with Crippen LogP contribution in [0.3, 0.4) is 0 Å². The third-order valence-corrected chi connectivity index (χ3v) is 4.86. The van der Waals surface area contributed by atoms with Gasteiger partial charge in [0.25, 0.3) is 0 Å². The van der Waals surface area contributed by atoms with E-state index in [1.807, 2.05) is 42.5 Å². The van der Waals surface area contributed by atoms with Crippen molar-refractivity contribution in [2.45, 2.75) is 0 Å². The van der Waals surface area contributed by atoms with Crippen LogP contribution in [0.25, 0.3) is 33.4 Å². The van der Waals surface area contributed by atoms with Gasteiger partial charge in [-0.3, -0.25) is 0 Å². The zero-order chi connectivity index (χ0) is 17.4. The monoisotopic (exact) mass is 458 g/mol. The average molecular weight is 459 g/mol. The van der Waals surface area contributed by atoms with E-state index in [-0.39, 0.29) is 0 Å². The van der Waals surface area contributed by atoms with Crippen molar-refractivity contribution in [1.82, 2.24) is 15.0 Å².